The number of hydrogen-bond acceptors (Lipinski definition) is 1. The SMILES string of the molecule is CC[N+](=C(C)C)c1cc(N)ccc1C(C)C. The summed E-state index contributed by atoms with van der Waals surface area (Å²) in [4.78, 5) is 0. The first kappa shape index (κ1) is 12.8. The molecule has 0 atom stereocenters. The van der Waals surface area contributed by atoms with Crippen molar-refractivity contribution in [3.8, 4) is 0 Å². The topological polar surface area (TPSA) is 29.0 Å². The number of anilines is 1. The molecule has 0 heterocycles. The average molecular weight is 219 g/mol. The quantitative estimate of drug-likeness (QED) is 0.470. The van der Waals surface area contributed by atoms with Crippen molar-refractivity contribution in [1.82, 2.24) is 0 Å². The summed E-state index contributed by atoms with van der Waals surface area (Å²) in [5, 5.41) is 0. The molecule has 0 fully saturated rings. The molecule has 1 aromatic rings. The Labute approximate surface area is 98.8 Å². The van der Waals surface area contributed by atoms with Crippen molar-refractivity contribution in [2.24, 2.45) is 0 Å². The third-order valence-electron chi connectivity index (χ3n) is 2.82. The van der Waals surface area contributed by atoms with Crippen LogP contribution in [0, 0.1) is 0 Å². The van der Waals surface area contributed by atoms with Crippen molar-refractivity contribution in [2.45, 2.75) is 40.5 Å². The average Bonchev–Trinajstić information content (AvgIpc) is 2.17. The first-order valence-electron chi connectivity index (χ1n) is 5.94. The zero-order valence-corrected chi connectivity index (χ0v) is 11.0. The standard InChI is InChI=1S/C14H23N2/c1-6-16(11(4)5)14-9-12(15)7-8-13(14)10(2)3/h7-10H,6,15H2,1-5H3/q+1. The van der Waals surface area contributed by atoms with Gasteiger partial charge in [-0.2, -0.15) is 0 Å². The summed E-state index contributed by atoms with van der Waals surface area (Å²) in [6, 6.07) is 6.20. The molecule has 2 nitrogen and oxygen atoms in total. The van der Waals surface area contributed by atoms with Gasteiger partial charge >= 0.3 is 0 Å². The molecule has 0 aromatic heterocycles. The van der Waals surface area contributed by atoms with Crippen molar-refractivity contribution in [3.63, 3.8) is 0 Å². The maximum absolute atomic E-state index is 5.88. The highest BCUT2D eigenvalue weighted by Crippen LogP contribution is 2.28. The van der Waals surface area contributed by atoms with E-state index in [9.17, 15) is 0 Å². The lowest BCUT2D eigenvalue weighted by molar-refractivity contribution is -0.437. The molecule has 0 aliphatic heterocycles. The van der Waals surface area contributed by atoms with Crippen LogP contribution >= 0.6 is 0 Å². The first-order chi connectivity index (χ1) is 7.47. The van der Waals surface area contributed by atoms with E-state index in [4.69, 9.17) is 5.73 Å². The molecule has 0 spiro atoms. The van der Waals surface area contributed by atoms with E-state index in [1.54, 1.807) is 0 Å². The molecule has 1 rings (SSSR count). The van der Waals surface area contributed by atoms with E-state index in [0.29, 0.717) is 5.92 Å². The fraction of sp³-hybridized carbons (Fsp3) is 0.500. The fourth-order valence-corrected chi connectivity index (χ4v) is 2.01. The van der Waals surface area contributed by atoms with Crippen LogP contribution in [0.25, 0.3) is 0 Å². The number of hydrogen-bond donors (Lipinski definition) is 1. The molecule has 0 radical (unpaired) electrons. The zero-order chi connectivity index (χ0) is 12.3. The Hall–Kier alpha value is -1.31. The number of nitrogens with two attached hydrogens (primary N) is 1. The second-order valence-corrected chi connectivity index (χ2v) is 4.66. The third-order valence-corrected chi connectivity index (χ3v) is 2.82. The van der Waals surface area contributed by atoms with Gasteiger partial charge in [0.1, 0.15) is 6.54 Å². The second-order valence-electron chi connectivity index (χ2n) is 4.66. The van der Waals surface area contributed by atoms with Gasteiger partial charge in [0.05, 0.1) is 0 Å². The molecule has 0 bridgehead atoms. The van der Waals surface area contributed by atoms with Gasteiger partial charge in [-0.1, -0.05) is 19.9 Å². The first-order valence-corrected chi connectivity index (χ1v) is 5.94. The van der Waals surface area contributed by atoms with Gasteiger partial charge < -0.3 is 5.73 Å². The third kappa shape index (κ3) is 2.63. The summed E-state index contributed by atoms with van der Waals surface area (Å²) in [6.45, 7) is 11.8. The Morgan fingerprint density at radius 3 is 2.38 bits per heavy atom. The highest BCUT2D eigenvalue weighted by Gasteiger charge is 2.17. The molecule has 0 amide bonds. The largest absolute Gasteiger partial charge is 0.399 e. The molecule has 0 aliphatic rings. The van der Waals surface area contributed by atoms with E-state index < -0.39 is 0 Å². The van der Waals surface area contributed by atoms with Crippen molar-refractivity contribution < 1.29 is 4.58 Å². The molecule has 0 saturated heterocycles. The molecular formula is C14H23N2+. The fourth-order valence-electron chi connectivity index (χ4n) is 2.01. The Morgan fingerprint density at radius 2 is 1.94 bits per heavy atom. The lowest BCUT2D eigenvalue weighted by atomic mass is 10.00. The van der Waals surface area contributed by atoms with Gasteiger partial charge in [0.2, 0.25) is 5.69 Å². The number of nitrogens with zero attached hydrogens (tertiary/aromatic N) is 1. The van der Waals surface area contributed by atoms with Crippen molar-refractivity contribution in [3.05, 3.63) is 23.8 Å². The summed E-state index contributed by atoms with van der Waals surface area (Å²) >= 11 is 0. The van der Waals surface area contributed by atoms with Crippen molar-refractivity contribution in [1.29, 1.82) is 0 Å². The predicted octanol–water partition coefficient (Wildman–Crippen LogP) is 3.54. The summed E-state index contributed by atoms with van der Waals surface area (Å²) < 4.78 is 2.31. The van der Waals surface area contributed by atoms with Crippen molar-refractivity contribution >= 4 is 17.1 Å². The Bertz CT molecular complexity index is 399. The molecule has 16 heavy (non-hydrogen) atoms. The van der Waals surface area contributed by atoms with Gasteiger partial charge in [-0.05, 0) is 18.9 Å². The molecule has 2 heteroatoms. The number of rotatable bonds is 3. The monoisotopic (exact) mass is 219 g/mol. The van der Waals surface area contributed by atoms with Crippen LogP contribution in [-0.2, 0) is 0 Å². The lowest BCUT2D eigenvalue weighted by Gasteiger charge is -2.12. The number of benzene rings is 1. The number of nitrogen functional groups attached to an aromatic ring is 1. The normalized spacial score (nSPS) is 10.6. The Kier molecular flexibility index (Phi) is 4.11. The van der Waals surface area contributed by atoms with Crippen LogP contribution in [-0.4, -0.2) is 16.8 Å². The van der Waals surface area contributed by atoms with E-state index in [-0.39, 0.29) is 0 Å². The minimum Gasteiger partial charge on any atom is -0.399 e. The molecular weight excluding hydrogens is 196 g/mol. The molecule has 1 aromatic carbocycles. The van der Waals surface area contributed by atoms with Crippen LogP contribution in [0.4, 0.5) is 11.4 Å². The minimum absolute atomic E-state index is 0.518. The molecule has 2 N–H and O–H groups in total. The summed E-state index contributed by atoms with van der Waals surface area (Å²) in [5.41, 5.74) is 10.6. The van der Waals surface area contributed by atoms with Gasteiger partial charge in [-0.25, -0.2) is 4.58 Å². The maximum atomic E-state index is 5.88. The molecule has 0 aliphatic carbocycles. The smallest absolute Gasteiger partial charge is 0.210 e. The predicted molar refractivity (Wildman–Crippen MR) is 71.8 cm³/mol. The van der Waals surface area contributed by atoms with Crippen LogP contribution in [0.15, 0.2) is 18.2 Å². The van der Waals surface area contributed by atoms with E-state index in [2.05, 4.69) is 51.3 Å². The van der Waals surface area contributed by atoms with Crippen LogP contribution in [0.1, 0.15) is 46.1 Å². The van der Waals surface area contributed by atoms with Crippen LogP contribution in [0.3, 0.4) is 0 Å². The van der Waals surface area contributed by atoms with Crippen LogP contribution in [0.5, 0.6) is 0 Å². The molecule has 0 unspecified atom stereocenters. The van der Waals surface area contributed by atoms with Gasteiger partial charge in [-0.3, -0.25) is 0 Å². The Morgan fingerprint density at radius 1 is 1.31 bits per heavy atom. The van der Waals surface area contributed by atoms with Crippen molar-refractivity contribution in [2.75, 3.05) is 12.3 Å². The molecule has 88 valence electrons. The van der Waals surface area contributed by atoms with Gasteiger partial charge in [0, 0.05) is 31.2 Å². The van der Waals surface area contributed by atoms with E-state index in [1.807, 2.05) is 6.07 Å². The minimum atomic E-state index is 0.518. The Balaban J connectivity index is 3.40. The zero-order valence-electron chi connectivity index (χ0n) is 11.0. The van der Waals surface area contributed by atoms with Gasteiger partial charge in [0.25, 0.3) is 0 Å². The maximum Gasteiger partial charge on any atom is 0.210 e. The van der Waals surface area contributed by atoms with E-state index in [1.165, 1.54) is 17.0 Å². The highest BCUT2D eigenvalue weighted by molar-refractivity contribution is 5.75. The summed E-state index contributed by atoms with van der Waals surface area (Å²) in [5.74, 6) is 0.518. The van der Waals surface area contributed by atoms with E-state index in [0.717, 1.165) is 12.2 Å². The second kappa shape index (κ2) is 5.15. The summed E-state index contributed by atoms with van der Waals surface area (Å²) in [7, 11) is 0. The van der Waals surface area contributed by atoms with Crippen LogP contribution < -0.4 is 5.73 Å². The van der Waals surface area contributed by atoms with Gasteiger partial charge in [0.15, 0.2) is 5.71 Å². The highest BCUT2D eigenvalue weighted by atomic mass is 15.0. The van der Waals surface area contributed by atoms with Crippen LogP contribution in [0.2, 0.25) is 0 Å². The van der Waals surface area contributed by atoms with Gasteiger partial charge in [-0.15, -0.1) is 0 Å². The molecule has 0 saturated carbocycles. The van der Waals surface area contributed by atoms with E-state index >= 15 is 0 Å². The summed E-state index contributed by atoms with van der Waals surface area (Å²) in [6.07, 6.45) is 0. The lowest BCUT2D eigenvalue weighted by Crippen LogP contribution is -2.13.